The maximum atomic E-state index is 12.6. The van der Waals surface area contributed by atoms with E-state index >= 15 is 0 Å². The van der Waals surface area contributed by atoms with E-state index in [1.165, 1.54) is 18.2 Å². The Morgan fingerprint density at radius 1 is 1.33 bits per heavy atom. The van der Waals surface area contributed by atoms with Crippen LogP contribution >= 0.6 is 11.6 Å². The summed E-state index contributed by atoms with van der Waals surface area (Å²) in [5, 5.41) is -0.111. The second-order valence-corrected chi connectivity index (χ2v) is 7.13. The monoisotopic (exact) mass is 342 g/mol. The van der Waals surface area contributed by atoms with E-state index in [2.05, 4.69) is 0 Å². The van der Waals surface area contributed by atoms with Crippen LogP contribution < -0.4 is 5.73 Å². The molecule has 0 atom stereocenters. The molecule has 4 nitrogen and oxygen atoms in total. The van der Waals surface area contributed by atoms with Gasteiger partial charge in [0.25, 0.3) is 0 Å². The minimum atomic E-state index is -4.60. The Labute approximate surface area is 125 Å². The van der Waals surface area contributed by atoms with Crippen LogP contribution in [0.4, 0.5) is 13.2 Å². The quantitative estimate of drug-likeness (QED) is 0.894. The van der Waals surface area contributed by atoms with Gasteiger partial charge >= 0.3 is 6.18 Å². The van der Waals surface area contributed by atoms with E-state index in [9.17, 15) is 21.6 Å². The Balaban J connectivity index is 2.43. The van der Waals surface area contributed by atoms with Crippen LogP contribution in [-0.4, -0.2) is 31.5 Å². The first-order chi connectivity index (χ1) is 9.65. The SMILES string of the molecule is NCc1ccc(Cl)c(S(=O)(=O)N(CC(F)(F)F)C2CC2)c1. The van der Waals surface area contributed by atoms with E-state index in [1.54, 1.807) is 0 Å². The van der Waals surface area contributed by atoms with Gasteiger partial charge in [-0.25, -0.2) is 8.42 Å². The van der Waals surface area contributed by atoms with Crippen molar-refractivity contribution in [1.29, 1.82) is 0 Å². The van der Waals surface area contributed by atoms with Crippen molar-refractivity contribution in [3.05, 3.63) is 28.8 Å². The average molecular weight is 343 g/mol. The zero-order valence-electron chi connectivity index (χ0n) is 10.9. The molecule has 2 N–H and O–H groups in total. The molecule has 1 saturated carbocycles. The summed E-state index contributed by atoms with van der Waals surface area (Å²) in [7, 11) is -4.31. The van der Waals surface area contributed by atoms with Gasteiger partial charge in [0, 0.05) is 12.6 Å². The highest BCUT2D eigenvalue weighted by Crippen LogP contribution is 2.36. The number of hydrogen-bond acceptors (Lipinski definition) is 3. The topological polar surface area (TPSA) is 63.4 Å². The van der Waals surface area contributed by atoms with Crippen molar-refractivity contribution < 1.29 is 21.6 Å². The number of rotatable bonds is 5. The number of nitrogens with zero attached hydrogens (tertiary/aromatic N) is 1. The molecule has 118 valence electrons. The van der Waals surface area contributed by atoms with E-state index in [0.717, 1.165) is 0 Å². The first kappa shape index (κ1) is 16.5. The highest BCUT2D eigenvalue weighted by Gasteiger charge is 2.45. The molecule has 0 amide bonds. The molecule has 1 aliphatic rings. The molecule has 0 bridgehead atoms. The van der Waals surface area contributed by atoms with Crippen LogP contribution in [0.5, 0.6) is 0 Å². The normalized spacial score (nSPS) is 16.5. The molecule has 1 aromatic carbocycles. The van der Waals surface area contributed by atoms with Crippen molar-refractivity contribution in [2.24, 2.45) is 5.73 Å². The third-order valence-corrected chi connectivity index (χ3v) is 5.49. The summed E-state index contributed by atoms with van der Waals surface area (Å²) in [5.41, 5.74) is 5.92. The second kappa shape index (κ2) is 5.75. The fourth-order valence-corrected chi connectivity index (χ4v) is 4.15. The number of nitrogens with two attached hydrogens (primary N) is 1. The largest absolute Gasteiger partial charge is 0.402 e. The summed E-state index contributed by atoms with van der Waals surface area (Å²) in [6.45, 7) is -1.44. The van der Waals surface area contributed by atoms with Crippen molar-refractivity contribution in [2.75, 3.05) is 6.54 Å². The highest BCUT2D eigenvalue weighted by molar-refractivity contribution is 7.89. The zero-order chi connectivity index (χ0) is 15.8. The lowest BCUT2D eigenvalue weighted by Crippen LogP contribution is -2.40. The molecular formula is C12H14ClF3N2O2S. The highest BCUT2D eigenvalue weighted by atomic mass is 35.5. The van der Waals surface area contributed by atoms with Gasteiger partial charge in [0.2, 0.25) is 10.0 Å². The minimum Gasteiger partial charge on any atom is -0.326 e. The number of halogens is 4. The number of benzene rings is 1. The lowest BCUT2D eigenvalue weighted by molar-refractivity contribution is -0.137. The van der Waals surface area contributed by atoms with E-state index in [1.807, 2.05) is 0 Å². The summed E-state index contributed by atoms with van der Waals surface area (Å²) in [6.07, 6.45) is -3.76. The molecule has 1 aliphatic carbocycles. The van der Waals surface area contributed by atoms with Crippen LogP contribution in [0.25, 0.3) is 0 Å². The van der Waals surface area contributed by atoms with E-state index in [-0.39, 0.29) is 16.5 Å². The Morgan fingerprint density at radius 2 is 1.95 bits per heavy atom. The lowest BCUT2D eigenvalue weighted by Gasteiger charge is -2.23. The molecule has 21 heavy (non-hydrogen) atoms. The maximum Gasteiger partial charge on any atom is 0.402 e. The summed E-state index contributed by atoms with van der Waals surface area (Å²) >= 11 is 5.85. The minimum absolute atomic E-state index is 0.0718. The molecule has 0 aromatic heterocycles. The van der Waals surface area contributed by atoms with Crippen molar-refractivity contribution in [3.8, 4) is 0 Å². The summed E-state index contributed by atoms with van der Waals surface area (Å²) in [5.74, 6) is 0. The Kier molecular flexibility index (Phi) is 4.53. The standard InChI is InChI=1S/C12H14ClF3N2O2S/c13-10-4-1-8(6-17)5-11(10)21(19,20)18(9-2-3-9)7-12(14,15)16/h1,4-5,9H,2-3,6-7,17H2. The van der Waals surface area contributed by atoms with Gasteiger partial charge in [-0.15, -0.1) is 0 Å². The second-order valence-electron chi connectivity index (χ2n) is 4.87. The fourth-order valence-electron chi connectivity index (χ4n) is 1.95. The molecule has 0 heterocycles. The van der Waals surface area contributed by atoms with E-state index in [0.29, 0.717) is 22.7 Å². The van der Waals surface area contributed by atoms with Gasteiger partial charge in [0.1, 0.15) is 11.4 Å². The van der Waals surface area contributed by atoms with Crippen LogP contribution in [0, 0.1) is 0 Å². The first-order valence-electron chi connectivity index (χ1n) is 6.22. The van der Waals surface area contributed by atoms with Gasteiger partial charge < -0.3 is 5.73 Å². The molecule has 1 aromatic rings. The molecule has 0 saturated heterocycles. The van der Waals surface area contributed by atoms with E-state index < -0.39 is 28.8 Å². The Hall–Kier alpha value is -0.830. The van der Waals surface area contributed by atoms with Crippen molar-refractivity contribution in [1.82, 2.24) is 4.31 Å². The van der Waals surface area contributed by atoms with Crippen LogP contribution in [0.1, 0.15) is 18.4 Å². The Bertz CT molecular complexity index is 630. The number of hydrogen-bond donors (Lipinski definition) is 1. The van der Waals surface area contributed by atoms with Gasteiger partial charge in [-0.2, -0.15) is 17.5 Å². The summed E-state index contributed by atoms with van der Waals surface area (Å²) in [6, 6.07) is 3.47. The zero-order valence-corrected chi connectivity index (χ0v) is 12.5. The predicted octanol–water partition coefficient (Wildman–Crippen LogP) is 2.51. The van der Waals surface area contributed by atoms with Gasteiger partial charge in [0.15, 0.2) is 0 Å². The predicted molar refractivity (Wildman–Crippen MR) is 72.3 cm³/mol. The lowest BCUT2D eigenvalue weighted by atomic mass is 10.2. The van der Waals surface area contributed by atoms with Gasteiger partial charge in [-0.3, -0.25) is 0 Å². The summed E-state index contributed by atoms with van der Waals surface area (Å²) in [4.78, 5) is -0.330. The smallest absolute Gasteiger partial charge is 0.326 e. The molecule has 2 rings (SSSR count). The molecule has 9 heteroatoms. The molecule has 1 fully saturated rings. The first-order valence-corrected chi connectivity index (χ1v) is 8.04. The van der Waals surface area contributed by atoms with Crippen molar-refractivity contribution in [3.63, 3.8) is 0 Å². The molecule has 0 radical (unpaired) electrons. The van der Waals surface area contributed by atoms with Crippen LogP contribution in [0.2, 0.25) is 5.02 Å². The maximum absolute atomic E-state index is 12.6. The Morgan fingerprint density at radius 3 is 2.43 bits per heavy atom. The van der Waals surface area contributed by atoms with Crippen molar-refractivity contribution in [2.45, 2.75) is 36.5 Å². The van der Waals surface area contributed by atoms with Crippen molar-refractivity contribution >= 4 is 21.6 Å². The fraction of sp³-hybridized carbons (Fsp3) is 0.500. The molecule has 0 unspecified atom stereocenters. The van der Waals surface area contributed by atoms with Gasteiger partial charge in [-0.1, -0.05) is 17.7 Å². The third kappa shape index (κ3) is 3.88. The van der Waals surface area contributed by atoms with Crippen LogP contribution in [-0.2, 0) is 16.6 Å². The van der Waals surface area contributed by atoms with E-state index in [4.69, 9.17) is 17.3 Å². The van der Waals surface area contributed by atoms with Gasteiger partial charge in [0.05, 0.1) is 5.02 Å². The molecular weight excluding hydrogens is 329 g/mol. The average Bonchev–Trinajstić information content (AvgIpc) is 3.19. The van der Waals surface area contributed by atoms with Gasteiger partial charge in [-0.05, 0) is 30.5 Å². The number of alkyl halides is 3. The third-order valence-electron chi connectivity index (χ3n) is 3.11. The van der Waals surface area contributed by atoms with Crippen LogP contribution in [0.3, 0.4) is 0 Å². The number of sulfonamides is 1. The van der Waals surface area contributed by atoms with Crippen LogP contribution in [0.15, 0.2) is 23.1 Å². The summed E-state index contributed by atoms with van der Waals surface area (Å²) < 4.78 is 63.3. The molecule has 0 spiro atoms. The molecule has 0 aliphatic heterocycles.